The Hall–Kier alpha value is -1.75. The van der Waals surface area contributed by atoms with Gasteiger partial charge in [-0.25, -0.2) is 0 Å². The van der Waals surface area contributed by atoms with Gasteiger partial charge in [-0.15, -0.1) is 24.8 Å². The van der Waals surface area contributed by atoms with Crippen LogP contribution >= 0.6 is 12.4 Å². The highest BCUT2D eigenvalue weighted by Gasteiger charge is 2.29. The van der Waals surface area contributed by atoms with Crippen molar-refractivity contribution >= 4 is 12.4 Å². The summed E-state index contributed by atoms with van der Waals surface area (Å²) in [5.41, 5.74) is 8.53. The van der Waals surface area contributed by atoms with Crippen LogP contribution in [0.3, 0.4) is 0 Å². The Balaban J connectivity index is 0.00000132. The first-order valence-electron chi connectivity index (χ1n) is 7.28. The zero-order chi connectivity index (χ0) is 13.5. The molecule has 1 unspecified atom stereocenters. The standard InChI is InChI=1S/C19H17N.ClH/c1-2-5-13-6-3-8-15-12-17-19-14(10-11-20-17)7-4-9-16(19)18(13)15;/h1,3-4,6-9,17,20H,5,10-12H2;1H. The molecule has 1 nitrogen and oxygen atoms in total. The van der Waals surface area contributed by atoms with Gasteiger partial charge < -0.3 is 5.32 Å². The van der Waals surface area contributed by atoms with Gasteiger partial charge in [-0.05, 0) is 52.8 Å². The number of benzene rings is 2. The SMILES string of the molecule is C#CCc1cccc2c1-c1cccc3c1C(C2)NCC3.Cl. The van der Waals surface area contributed by atoms with E-state index in [0.717, 1.165) is 19.4 Å². The Kier molecular flexibility index (Phi) is 3.76. The number of terminal acetylenes is 1. The van der Waals surface area contributed by atoms with Gasteiger partial charge in [-0.2, -0.15) is 0 Å². The van der Waals surface area contributed by atoms with E-state index < -0.39 is 0 Å². The maximum Gasteiger partial charge on any atom is 0.0370 e. The topological polar surface area (TPSA) is 12.0 Å². The Morgan fingerprint density at radius 3 is 2.81 bits per heavy atom. The first-order chi connectivity index (χ1) is 9.88. The van der Waals surface area contributed by atoms with E-state index in [-0.39, 0.29) is 12.4 Å². The number of hydrogen-bond acceptors (Lipinski definition) is 1. The minimum absolute atomic E-state index is 0. The van der Waals surface area contributed by atoms with Gasteiger partial charge in [0.05, 0.1) is 0 Å². The van der Waals surface area contributed by atoms with E-state index >= 15 is 0 Å². The lowest BCUT2D eigenvalue weighted by molar-refractivity contribution is 0.499. The van der Waals surface area contributed by atoms with E-state index in [1.807, 2.05) is 0 Å². The molecule has 1 atom stereocenters. The van der Waals surface area contributed by atoms with Gasteiger partial charge in [0.15, 0.2) is 0 Å². The fourth-order valence-electron chi connectivity index (χ4n) is 3.76. The zero-order valence-electron chi connectivity index (χ0n) is 11.9. The molecule has 2 aromatic rings. The quantitative estimate of drug-likeness (QED) is 0.791. The minimum Gasteiger partial charge on any atom is -0.309 e. The van der Waals surface area contributed by atoms with Crippen molar-refractivity contribution in [3.63, 3.8) is 0 Å². The van der Waals surface area contributed by atoms with E-state index in [2.05, 4.69) is 47.6 Å². The number of nitrogens with one attached hydrogen (secondary N) is 1. The van der Waals surface area contributed by atoms with Gasteiger partial charge in [-0.1, -0.05) is 36.4 Å². The van der Waals surface area contributed by atoms with Crippen LogP contribution in [-0.4, -0.2) is 6.54 Å². The second kappa shape index (κ2) is 5.56. The number of halogens is 1. The van der Waals surface area contributed by atoms with Crippen LogP contribution in [0.2, 0.25) is 0 Å². The van der Waals surface area contributed by atoms with Crippen molar-refractivity contribution in [1.29, 1.82) is 0 Å². The number of hydrogen-bond donors (Lipinski definition) is 1. The van der Waals surface area contributed by atoms with Gasteiger partial charge in [-0.3, -0.25) is 0 Å². The van der Waals surface area contributed by atoms with Gasteiger partial charge in [0.1, 0.15) is 0 Å². The smallest absolute Gasteiger partial charge is 0.0370 e. The number of rotatable bonds is 1. The van der Waals surface area contributed by atoms with E-state index in [1.165, 1.54) is 33.4 Å². The molecule has 1 aliphatic carbocycles. The molecule has 2 aromatic carbocycles. The summed E-state index contributed by atoms with van der Waals surface area (Å²) in [4.78, 5) is 0. The first-order valence-corrected chi connectivity index (χ1v) is 7.28. The molecule has 0 bridgehead atoms. The van der Waals surface area contributed by atoms with Crippen LogP contribution in [0.25, 0.3) is 11.1 Å². The third kappa shape index (κ3) is 2.16. The van der Waals surface area contributed by atoms with E-state index in [4.69, 9.17) is 6.42 Å². The highest BCUT2D eigenvalue weighted by Crippen LogP contribution is 2.43. The highest BCUT2D eigenvalue weighted by atomic mass is 35.5. The van der Waals surface area contributed by atoms with Crippen molar-refractivity contribution in [3.05, 3.63) is 58.7 Å². The third-order valence-electron chi connectivity index (χ3n) is 4.55. The predicted molar refractivity (Wildman–Crippen MR) is 89.8 cm³/mol. The fourth-order valence-corrected chi connectivity index (χ4v) is 3.76. The first kappa shape index (κ1) is 14.2. The van der Waals surface area contributed by atoms with Crippen LogP contribution < -0.4 is 5.32 Å². The molecule has 0 aromatic heterocycles. The Labute approximate surface area is 132 Å². The average molecular weight is 296 g/mol. The van der Waals surface area contributed by atoms with Crippen LogP contribution in [0, 0.1) is 12.3 Å². The van der Waals surface area contributed by atoms with Crippen molar-refractivity contribution < 1.29 is 0 Å². The highest BCUT2D eigenvalue weighted by molar-refractivity contribution is 5.85. The van der Waals surface area contributed by atoms with Crippen molar-refractivity contribution in [3.8, 4) is 23.5 Å². The third-order valence-corrected chi connectivity index (χ3v) is 4.55. The summed E-state index contributed by atoms with van der Waals surface area (Å²) in [6, 6.07) is 13.8. The molecule has 1 heterocycles. The zero-order valence-corrected chi connectivity index (χ0v) is 12.7. The summed E-state index contributed by atoms with van der Waals surface area (Å²) in [7, 11) is 0. The monoisotopic (exact) mass is 295 g/mol. The molecule has 0 amide bonds. The van der Waals surface area contributed by atoms with Crippen molar-refractivity contribution in [2.45, 2.75) is 25.3 Å². The average Bonchev–Trinajstić information content (AvgIpc) is 2.48. The largest absolute Gasteiger partial charge is 0.309 e. The number of fused-ring (bicyclic) bond motifs is 2. The molecule has 1 N–H and O–H groups in total. The van der Waals surface area contributed by atoms with Crippen LogP contribution in [0.1, 0.15) is 28.3 Å². The summed E-state index contributed by atoms with van der Waals surface area (Å²) in [6.45, 7) is 1.08. The summed E-state index contributed by atoms with van der Waals surface area (Å²) in [5, 5.41) is 3.67. The van der Waals surface area contributed by atoms with Crippen LogP contribution in [0.15, 0.2) is 36.4 Å². The second-order valence-electron chi connectivity index (χ2n) is 5.67. The van der Waals surface area contributed by atoms with Gasteiger partial charge in [0.25, 0.3) is 0 Å². The van der Waals surface area contributed by atoms with Crippen LogP contribution in [0.4, 0.5) is 0 Å². The molecule has 0 saturated carbocycles. The Bertz CT molecular complexity index is 727. The molecular formula is C19H18ClN. The van der Waals surface area contributed by atoms with Crippen LogP contribution in [-0.2, 0) is 19.3 Å². The summed E-state index contributed by atoms with van der Waals surface area (Å²) >= 11 is 0. The molecule has 0 radical (unpaired) electrons. The van der Waals surface area contributed by atoms with E-state index in [0.29, 0.717) is 12.5 Å². The second-order valence-corrected chi connectivity index (χ2v) is 5.67. The fraction of sp³-hybridized carbons (Fsp3) is 0.263. The molecule has 4 rings (SSSR count). The van der Waals surface area contributed by atoms with Gasteiger partial charge in [0, 0.05) is 12.5 Å². The Morgan fingerprint density at radius 1 is 1.14 bits per heavy atom. The van der Waals surface area contributed by atoms with Crippen molar-refractivity contribution in [1.82, 2.24) is 5.32 Å². The molecule has 1 aliphatic heterocycles. The molecule has 2 heteroatoms. The molecule has 21 heavy (non-hydrogen) atoms. The van der Waals surface area contributed by atoms with Gasteiger partial charge in [0.2, 0.25) is 0 Å². The van der Waals surface area contributed by atoms with Crippen molar-refractivity contribution in [2.24, 2.45) is 0 Å². The van der Waals surface area contributed by atoms with E-state index in [1.54, 1.807) is 0 Å². The lowest BCUT2D eigenvalue weighted by Gasteiger charge is -2.35. The minimum atomic E-state index is 0. The maximum absolute atomic E-state index is 5.55. The Morgan fingerprint density at radius 2 is 1.95 bits per heavy atom. The molecular weight excluding hydrogens is 278 g/mol. The normalized spacial score (nSPS) is 18.0. The summed E-state index contributed by atoms with van der Waals surface area (Å²) in [5.74, 6) is 2.80. The molecule has 0 spiro atoms. The molecule has 2 aliphatic rings. The summed E-state index contributed by atoms with van der Waals surface area (Å²) in [6.07, 6.45) is 8.47. The van der Waals surface area contributed by atoms with Gasteiger partial charge >= 0.3 is 0 Å². The lowest BCUT2D eigenvalue weighted by Crippen LogP contribution is -2.33. The maximum atomic E-state index is 5.55. The van der Waals surface area contributed by atoms with E-state index in [9.17, 15) is 0 Å². The summed E-state index contributed by atoms with van der Waals surface area (Å²) < 4.78 is 0. The molecule has 0 fully saturated rings. The molecule has 106 valence electrons. The van der Waals surface area contributed by atoms with Crippen LogP contribution in [0.5, 0.6) is 0 Å². The van der Waals surface area contributed by atoms with Crippen molar-refractivity contribution in [2.75, 3.05) is 6.54 Å². The lowest BCUT2D eigenvalue weighted by atomic mass is 9.76. The molecule has 0 saturated heterocycles. The predicted octanol–water partition coefficient (Wildman–Crippen LogP) is 3.69.